The van der Waals surface area contributed by atoms with Crippen molar-refractivity contribution < 1.29 is 9.53 Å². The SMILES string of the molecule is COC(=O)C#CCN1CCCCC1c1cccnc1. The van der Waals surface area contributed by atoms with Crippen molar-refractivity contribution in [2.75, 3.05) is 20.2 Å². The summed E-state index contributed by atoms with van der Waals surface area (Å²) in [6.07, 6.45) is 7.22. The molecule has 1 aromatic rings. The van der Waals surface area contributed by atoms with Gasteiger partial charge in [-0.05, 0) is 31.0 Å². The van der Waals surface area contributed by atoms with Crippen LogP contribution in [-0.4, -0.2) is 36.1 Å². The predicted molar refractivity (Wildman–Crippen MR) is 72.2 cm³/mol. The number of likely N-dealkylation sites (tertiary alicyclic amines) is 1. The molecule has 1 unspecified atom stereocenters. The molecule has 2 rings (SSSR count). The number of carbonyl (C=O) groups excluding carboxylic acids is 1. The van der Waals surface area contributed by atoms with Crippen molar-refractivity contribution in [3.05, 3.63) is 30.1 Å². The molecule has 0 N–H and O–H groups in total. The van der Waals surface area contributed by atoms with Crippen LogP contribution in [0.15, 0.2) is 24.5 Å². The van der Waals surface area contributed by atoms with Crippen molar-refractivity contribution in [3.8, 4) is 11.8 Å². The molecule has 1 aliphatic rings. The number of esters is 1. The maximum absolute atomic E-state index is 11.0. The molecular weight excluding hydrogens is 240 g/mol. The van der Waals surface area contributed by atoms with E-state index in [-0.39, 0.29) is 0 Å². The summed E-state index contributed by atoms with van der Waals surface area (Å²) in [6, 6.07) is 4.42. The summed E-state index contributed by atoms with van der Waals surface area (Å²) in [5.74, 6) is 4.89. The fourth-order valence-corrected chi connectivity index (χ4v) is 2.40. The van der Waals surface area contributed by atoms with E-state index >= 15 is 0 Å². The Bertz CT molecular complexity index is 476. The van der Waals surface area contributed by atoms with Crippen LogP contribution in [0.1, 0.15) is 30.9 Å². The van der Waals surface area contributed by atoms with Crippen molar-refractivity contribution in [2.24, 2.45) is 0 Å². The number of aromatic nitrogens is 1. The number of methoxy groups -OCH3 is 1. The number of hydrogen-bond donors (Lipinski definition) is 0. The molecule has 0 radical (unpaired) electrons. The van der Waals surface area contributed by atoms with Gasteiger partial charge in [0.2, 0.25) is 0 Å². The van der Waals surface area contributed by atoms with Gasteiger partial charge in [-0.25, -0.2) is 4.79 Å². The van der Waals surface area contributed by atoms with Crippen molar-refractivity contribution in [2.45, 2.75) is 25.3 Å². The first-order valence-corrected chi connectivity index (χ1v) is 6.52. The lowest BCUT2D eigenvalue weighted by Gasteiger charge is -2.34. The number of ether oxygens (including phenoxy) is 1. The zero-order chi connectivity index (χ0) is 13.5. The molecule has 0 bridgehead atoms. The zero-order valence-electron chi connectivity index (χ0n) is 11.1. The molecule has 4 nitrogen and oxygen atoms in total. The molecule has 19 heavy (non-hydrogen) atoms. The second-order valence-corrected chi connectivity index (χ2v) is 4.56. The Labute approximate surface area is 113 Å². The molecule has 0 aromatic carbocycles. The topological polar surface area (TPSA) is 42.4 Å². The monoisotopic (exact) mass is 258 g/mol. The molecule has 0 aliphatic carbocycles. The molecule has 2 heterocycles. The first-order chi connectivity index (χ1) is 9.31. The summed E-state index contributed by atoms with van der Waals surface area (Å²) in [4.78, 5) is 17.5. The zero-order valence-corrected chi connectivity index (χ0v) is 11.1. The van der Waals surface area contributed by atoms with Crippen molar-refractivity contribution in [1.29, 1.82) is 0 Å². The molecule has 1 atom stereocenters. The van der Waals surface area contributed by atoms with Gasteiger partial charge in [-0.15, -0.1) is 0 Å². The number of nitrogens with zero attached hydrogens (tertiary/aromatic N) is 2. The lowest BCUT2D eigenvalue weighted by atomic mass is 9.96. The van der Waals surface area contributed by atoms with E-state index in [9.17, 15) is 4.79 Å². The summed E-state index contributed by atoms with van der Waals surface area (Å²) in [5, 5.41) is 0. The molecule has 0 saturated carbocycles. The molecule has 1 fully saturated rings. The van der Waals surface area contributed by atoms with Gasteiger partial charge in [-0.3, -0.25) is 9.88 Å². The van der Waals surface area contributed by atoms with Crippen LogP contribution in [0.4, 0.5) is 0 Å². The van der Waals surface area contributed by atoms with Crippen LogP contribution in [0.5, 0.6) is 0 Å². The maximum atomic E-state index is 11.0. The minimum atomic E-state index is -0.477. The molecule has 0 amide bonds. The highest BCUT2D eigenvalue weighted by molar-refractivity contribution is 5.88. The molecule has 1 aliphatic heterocycles. The minimum absolute atomic E-state index is 0.356. The van der Waals surface area contributed by atoms with Gasteiger partial charge in [-0.2, -0.15) is 0 Å². The van der Waals surface area contributed by atoms with Crippen molar-refractivity contribution >= 4 is 5.97 Å². The summed E-state index contributed by atoms with van der Waals surface area (Å²) in [6.45, 7) is 1.60. The normalized spacial score (nSPS) is 19.3. The van der Waals surface area contributed by atoms with E-state index in [1.165, 1.54) is 25.5 Å². The molecule has 1 saturated heterocycles. The van der Waals surface area contributed by atoms with Crippen LogP contribution in [0.3, 0.4) is 0 Å². The number of rotatable bonds is 2. The highest BCUT2D eigenvalue weighted by atomic mass is 16.5. The second-order valence-electron chi connectivity index (χ2n) is 4.56. The molecule has 100 valence electrons. The predicted octanol–water partition coefficient (Wildman–Crippen LogP) is 1.78. The highest BCUT2D eigenvalue weighted by Crippen LogP contribution is 2.29. The van der Waals surface area contributed by atoms with Gasteiger partial charge in [0.05, 0.1) is 13.7 Å². The summed E-state index contributed by atoms with van der Waals surface area (Å²) in [5.41, 5.74) is 1.22. The Morgan fingerprint density at radius 2 is 2.47 bits per heavy atom. The molecular formula is C15H18N2O2. The maximum Gasteiger partial charge on any atom is 0.384 e. The third-order valence-electron chi connectivity index (χ3n) is 3.34. The largest absolute Gasteiger partial charge is 0.459 e. The quantitative estimate of drug-likeness (QED) is 0.461. The van der Waals surface area contributed by atoms with E-state index < -0.39 is 5.97 Å². The number of carbonyl (C=O) groups is 1. The van der Waals surface area contributed by atoms with E-state index in [0.717, 1.165) is 13.0 Å². The lowest BCUT2D eigenvalue weighted by Crippen LogP contribution is -2.33. The first-order valence-electron chi connectivity index (χ1n) is 6.52. The standard InChI is InChI=1S/C15H18N2O2/c1-19-15(18)8-5-11-17-10-3-2-7-14(17)13-6-4-9-16-12-13/h4,6,9,12,14H,2-3,7,10-11H2,1H3. The molecule has 4 heteroatoms. The van der Waals surface area contributed by atoms with Crippen LogP contribution < -0.4 is 0 Å². The van der Waals surface area contributed by atoms with E-state index in [4.69, 9.17) is 0 Å². The van der Waals surface area contributed by atoms with E-state index in [1.807, 2.05) is 12.3 Å². The summed E-state index contributed by atoms with van der Waals surface area (Å²) >= 11 is 0. The molecule has 1 aromatic heterocycles. The smallest absolute Gasteiger partial charge is 0.384 e. The Hall–Kier alpha value is -1.86. The average molecular weight is 258 g/mol. The van der Waals surface area contributed by atoms with Gasteiger partial charge in [-0.1, -0.05) is 18.4 Å². The van der Waals surface area contributed by atoms with Crippen LogP contribution in [0.2, 0.25) is 0 Å². The third kappa shape index (κ3) is 3.80. The van der Waals surface area contributed by atoms with Gasteiger partial charge >= 0.3 is 5.97 Å². The fraction of sp³-hybridized carbons (Fsp3) is 0.467. The lowest BCUT2D eigenvalue weighted by molar-refractivity contribution is -0.133. The van der Waals surface area contributed by atoms with E-state index in [1.54, 1.807) is 6.20 Å². The minimum Gasteiger partial charge on any atom is -0.459 e. The fourth-order valence-electron chi connectivity index (χ4n) is 2.40. The van der Waals surface area contributed by atoms with Crippen molar-refractivity contribution in [1.82, 2.24) is 9.88 Å². The Kier molecular flexibility index (Phi) is 4.93. The van der Waals surface area contributed by atoms with Crippen LogP contribution >= 0.6 is 0 Å². The number of pyridine rings is 1. The Balaban J connectivity index is 2.04. The number of hydrogen-bond acceptors (Lipinski definition) is 4. The van der Waals surface area contributed by atoms with Gasteiger partial charge in [0.25, 0.3) is 0 Å². The Morgan fingerprint density at radius 3 is 3.21 bits per heavy atom. The van der Waals surface area contributed by atoms with Crippen LogP contribution in [0, 0.1) is 11.8 Å². The number of piperidine rings is 1. The third-order valence-corrected chi connectivity index (χ3v) is 3.34. The highest BCUT2D eigenvalue weighted by Gasteiger charge is 2.23. The summed E-state index contributed by atoms with van der Waals surface area (Å²) in [7, 11) is 1.34. The van der Waals surface area contributed by atoms with Gasteiger partial charge in [0.15, 0.2) is 0 Å². The van der Waals surface area contributed by atoms with E-state index in [2.05, 4.69) is 32.5 Å². The second kappa shape index (κ2) is 6.91. The first kappa shape index (κ1) is 13.6. The Morgan fingerprint density at radius 1 is 1.58 bits per heavy atom. The van der Waals surface area contributed by atoms with Gasteiger partial charge in [0, 0.05) is 24.4 Å². The van der Waals surface area contributed by atoms with E-state index in [0.29, 0.717) is 12.6 Å². The molecule has 0 spiro atoms. The van der Waals surface area contributed by atoms with Crippen LogP contribution in [-0.2, 0) is 9.53 Å². The average Bonchev–Trinajstić information content (AvgIpc) is 2.48. The van der Waals surface area contributed by atoms with Crippen molar-refractivity contribution in [3.63, 3.8) is 0 Å². The van der Waals surface area contributed by atoms with Gasteiger partial charge in [0.1, 0.15) is 0 Å². The van der Waals surface area contributed by atoms with Gasteiger partial charge < -0.3 is 4.74 Å². The summed E-state index contributed by atoms with van der Waals surface area (Å²) < 4.78 is 4.51. The van der Waals surface area contributed by atoms with Crippen LogP contribution in [0.25, 0.3) is 0 Å².